The van der Waals surface area contributed by atoms with E-state index in [1.165, 1.54) is 12.3 Å². The van der Waals surface area contributed by atoms with Gasteiger partial charge in [-0.25, -0.2) is 4.98 Å². The average Bonchev–Trinajstić information content (AvgIpc) is 2.94. The topological polar surface area (TPSA) is 39.9 Å². The van der Waals surface area contributed by atoms with Crippen molar-refractivity contribution in [1.29, 1.82) is 0 Å². The molecule has 0 aliphatic carbocycles. The van der Waals surface area contributed by atoms with Gasteiger partial charge >= 0.3 is 12.1 Å². The van der Waals surface area contributed by atoms with Gasteiger partial charge in [-0.2, -0.15) is 22.0 Å². The van der Waals surface area contributed by atoms with Crippen molar-refractivity contribution >= 4 is 19.7 Å². The fourth-order valence-electron chi connectivity index (χ4n) is 2.24. The van der Waals surface area contributed by atoms with Gasteiger partial charge < -0.3 is 9.30 Å². The standard InChI is InChI=1S/C17H21ClF5N3OSi/c1-11-7-12(18)14(24-8-11)15-25-13(16(19,20)17(21,22)23)9-26(15)10-27-5-6-28(2,3)4/h7-9H,5-6,10H2,1-4H3. The SMILES string of the molecule is Cc1cnc(-c2nc(C(F)(F)C(F)(F)F)cn2COCC[Si](C)(C)C)c(Cl)c1. The summed E-state index contributed by atoms with van der Waals surface area (Å²) in [5.41, 5.74) is -0.716. The van der Waals surface area contributed by atoms with Crippen molar-refractivity contribution in [3.8, 4) is 11.5 Å². The minimum atomic E-state index is -5.77. The second-order valence-corrected chi connectivity index (χ2v) is 13.7. The molecular weight excluding hydrogens is 421 g/mol. The van der Waals surface area contributed by atoms with Crippen molar-refractivity contribution in [1.82, 2.24) is 14.5 Å². The molecule has 0 aromatic carbocycles. The molecular formula is C17H21ClF5N3OSi. The lowest BCUT2D eigenvalue weighted by molar-refractivity contribution is -0.290. The normalized spacial score (nSPS) is 13.2. The summed E-state index contributed by atoms with van der Waals surface area (Å²) in [5, 5.41) is 0.0934. The van der Waals surface area contributed by atoms with Crippen molar-refractivity contribution in [2.45, 2.75) is 51.4 Å². The van der Waals surface area contributed by atoms with Crippen LogP contribution in [0.25, 0.3) is 11.5 Å². The lowest BCUT2D eigenvalue weighted by atomic mass is 10.2. The molecule has 4 nitrogen and oxygen atoms in total. The highest BCUT2D eigenvalue weighted by molar-refractivity contribution is 6.76. The van der Waals surface area contributed by atoms with E-state index in [0.717, 1.165) is 10.6 Å². The van der Waals surface area contributed by atoms with Crippen molar-refractivity contribution < 1.29 is 26.7 Å². The lowest BCUT2D eigenvalue weighted by Crippen LogP contribution is -2.34. The van der Waals surface area contributed by atoms with Gasteiger partial charge in [0.25, 0.3) is 0 Å². The third-order valence-electron chi connectivity index (χ3n) is 3.87. The van der Waals surface area contributed by atoms with E-state index < -0.39 is 25.9 Å². The zero-order valence-corrected chi connectivity index (χ0v) is 17.6. The smallest absolute Gasteiger partial charge is 0.361 e. The highest BCUT2D eigenvalue weighted by Crippen LogP contribution is 2.44. The van der Waals surface area contributed by atoms with Crippen LogP contribution in [-0.2, 0) is 17.4 Å². The van der Waals surface area contributed by atoms with E-state index in [0.29, 0.717) is 18.4 Å². The van der Waals surface area contributed by atoms with Gasteiger partial charge in [-0.05, 0) is 24.6 Å². The molecule has 2 rings (SSSR count). The molecule has 2 aromatic heterocycles. The minimum absolute atomic E-state index is 0.00490. The molecule has 0 aliphatic heterocycles. The van der Waals surface area contributed by atoms with Crippen LogP contribution in [0.15, 0.2) is 18.5 Å². The second kappa shape index (κ2) is 8.07. The summed E-state index contributed by atoms with van der Waals surface area (Å²) in [5.74, 6) is -5.32. The van der Waals surface area contributed by atoms with Crippen molar-refractivity contribution in [3.63, 3.8) is 0 Å². The molecule has 156 valence electrons. The number of nitrogens with zero attached hydrogens (tertiary/aromatic N) is 3. The predicted octanol–water partition coefficient (Wildman–Crippen LogP) is 5.87. The van der Waals surface area contributed by atoms with Crippen LogP contribution in [0.1, 0.15) is 11.3 Å². The Labute approximate surface area is 165 Å². The van der Waals surface area contributed by atoms with E-state index in [1.807, 2.05) is 0 Å². The number of rotatable bonds is 7. The average molecular weight is 442 g/mol. The van der Waals surface area contributed by atoms with Crippen LogP contribution in [0.2, 0.25) is 30.7 Å². The molecule has 0 saturated heterocycles. The molecule has 2 heterocycles. The van der Waals surface area contributed by atoms with Gasteiger partial charge in [0.05, 0.1) is 5.02 Å². The van der Waals surface area contributed by atoms with Gasteiger partial charge in [0.1, 0.15) is 18.1 Å². The maximum atomic E-state index is 13.8. The first-order valence-corrected chi connectivity index (χ1v) is 12.5. The van der Waals surface area contributed by atoms with Crippen LogP contribution in [0.3, 0.4) is 0 Å². The number of imidazole rings is 1. The molecule has 0 bridgehead atoms. The Morgan fingerprint density at radius 2 is 1.82 bits per heavy atom. The first kappa shape index (κ1) is 22.8. The second-order valence-electron chi connectivity index (χ2n) is 7.68. The van der Waals surface area contributed by atoms with Crippen molar-refractivity contribution in [3.05, 3.63) is 34.7 Å². The molecule has 28 heavy (non-hydrogen) atoms. The molecule has 0 unspecified atom stereocenters. The molecule has 0 amide bonds. The quantitative estimate of drug-likeness (QED) is 0.306. The van der Waals surface area contributed by atoms with Gasteiger partial charge in [0, 0.05) is 27.1 Å². The number of pyridine rings is 1. The molecule has 0 aliphatic rings. The molecule has 0 saturated carbocycles. The monoisotopic (exact) mass is 441 g/mol. The van der Waals surface area contributed by atoms with Crippen molar-refractivity contribution in [2.75, 3.05) is 6.61 Å². The third-order valence-corrected chi connectivity index (χ3v) is 5.86. The van der Waals surface area contributed by atoms with Gasteiger partial charge in [-0.1, -0.05) is 31.2 Å². The molecule has 2 aromatic rings. The number of aryl methyl sites for hydroxylation is 1. The van der Waals surface area contributed by atoms with Gasteiger partial charge in [-0.3, -0.25) is 4.98 Å². The summed E-state index contributed by atoms with van der Waals surface area (Å²) in [4.78, 5) is 7.55. The Hall–Kier alpha value is -1.52. The molecule has 0 atom stereocenters. The molecule has 0 N–H and O–H groups in total. The predicted molar refractivity (Wildman–Crippen MR) is 99.3 cm³/mol. The maximum absolute atomic E-state index is 13.8. The van der Waals surface area contributed by atoms with Gasteiger partial charge in [-0.15, -0.1) is 0 Å². The molecule has 0 spiro atoms. The summed E-state index contributed by atoms with van der Waals surface area (Å²) < 4.78 is 72.4. The zero-order valence-electron chi connectivity index (χ0n) is 15.9. The Kier molecular flexibility index (Phi) is 6.56. The number of ether oxygens (including phenoxy) is 1. The highest BCUT2D eigenvalue weighted by Gasteiger charge is 2.60. The maximum Gasteiger partial charge on any atom is 0.459 e. The van der Waals surface area contributed by atoms with Gasteiger partial charge in [0.2, 0.25) is 0 Å². The molecule has 11 heteroatoms. The van der Waals surface area contributed by atoms with E-state index in [1.54, 1.807) is 6.92 Å². The third kappa shape index (κ3) is 5.29. The Morgan fingerprint density at radius 1 is 1.18 bits per heavy atom. The fraction of sp³-hybridized carbons (Fsp3) is 0.529. The van der Waals surface area contributed by atoms with E-state index in [9.17, 15) is 22.0 Å². The first-order chi connectivity index (χ1) is 12.7. The summed E-state index contributed by atoms with van der Waals surface area (Å²) in [6, 6.07) is 2.34. The van der Waals surface area contributed by atoms with Gasteiger partial charge in [0.15, 0.2) is 5.82 Å². The summed E-state index contributed by atoms with van der Waals surface area (Å²) in [7, 11) is -1.39. The van der Waals surface area contributed by atoms with E-state index in [-0.39, 0.29) is 23.3 Å². The highest BCUT2D eigenvalue weighted by atomic mass is 35.5. The van der Waals surface area contributed by atoms with E-state index in [4.69, 9.17) is 16.3 Å². The number of alkyl halides is 5. The van der Waals surface area contributed by atoms with Crippen LogP contribution in [0.5, 0.6) is 0 Å². The zero-order chi connectivity index (χ0) is 21.3. The molecule has 0 fully saturated rings. The summed E-state index contributed by atoms with van der Waals surface area (Å²) >= 11 is 6.11. The van der Waals surface area contributed by atoms with Crippen LogP contribution in [0.4, 0.5) is 22.0 Å². The lowest BCUT2D eigenvalue weighted by Gasteiger charge is -2.17. The Balaban J connectivity index is 2.41. The van der Waals surface area contributed by atoms with Crippen molar-refractivity contribution in [2.24, 2.45) is 0 Å². The number of hydrogen-bond acceptors (Lipinski definition) is 3. The van der Waals surface area contributed by atoms with Crippen LogP contribution in [-0.4, -0.2) is 35.4 Å². The largest absolute Gasteiger partial charge is 0.459 e. The number of hydrogen-bond donors (Lipinski definition) is 0. The summed E-state index contributed by atoms with van der Waals surface area (Å²) in [6.07, 6.45) is -3.71. The summed E-state index contributed by atoms with van der Waals surface area (Å²) in [6.45, 7) is 8.24. The minimum Gasteiger partial charge on any atom is -0.361 e. The number of aromatic nitrogens is 3. The van der Waals surface area contributed by atoms with Crippen LogP contribution in [0, 0.1) is 6.92 Å². The number of halogens is 6. The van der Waals surface area contributed by atoms with E-state index >= 15 is 0 Å². The Morgan fingerprint density at radius 3 is 2.36 bits per heavy atom. The first-order valence-electron chi connectivity index (χ1n) is 8.45. The Bertz CT molecular complexity index is 833. The van der Waals surface area contributed by atoms with E-state index in [2.05, 4.69) is 29.6 Å². The van der Waals surface area contributed by atoms with Crippen LogP contribution < -0.4 is 0 Å². The van der Waals surface area contributed by atoms with Crippen LogP contribution >= 0.6 is 11.6 Å². The molecule has 0 radical (unpaired) electrons. The fourth-order valence-corrected chi connectivity index (χ4v) is 3.30.